The van der Waals surface area contributed by atoms with E-state index in [4.69, 9.17) is 0 Å². The molecular weight excluding hydrogens is 364 g/mol. The van der Waals surface area contributed by atoms with Gasteiger partial charge in [0, 0.05) is 5.56 Å². The summed E-state index contributed by atoms with van der Waals surface area (Å²) in [6.07, 6.45) is 0. The minimum absolute atomic E-state index is 0.0178. The number of para-hydroxylation sites is 1. The molecule has 1 aromatic heterocycles. The number of anilines is 2. The Labute approximate surface area is 160 Å². The summed E-state index contributed by atoms with van der Waals surface area (Å²) in [7, 11) is 0. The number of hydrogen-bond donors (Lipinski definition) is 1. The molecule has 5 nitrogen and oxygen atoms in total. The number of carbonyl (C=O) groups is 1. The van der Waals surface area contributed by atoms with Crippen molar-refractivity contribution in [3.05, 3.63) is 76.1 Å². The summed E-state index contributed by atoms with van der Waals surface area (Å²) in [5.74, 6) is -1.52. The molecule has 7 heteroatoms. The third-order valence-electron chi connectivity index (χ3n) is 4.19. The maximum atomic E-state index is 14.2. The number of nitrogens with zero attached hydrogens (tertiary/aromatic N) is 2. The first-order valence-electron chi connectivity index (χ1n) is 8.75. The number of hydrogen-bond acceptors (Lipinski definition) is 4. The molecule has 0 bridgehead atoms. The predicted octanol–water partition coefficient (Wildman–Crippen LogP) is 4.72. The smallest absolute Gasteiger partial charge is 0.291 e. The number of nitrogens with one attached hydrogen (secondary N) is 1. The van der Waals surface area contributed by atoms with E-state index in [9.17, 15) is 18.4 Å². The Morgan fingerprint density at radius 3 is 2.43 bits per heavy atom. The van der Waals surface area contributed by atoms with Crippen molar-refractivity contribution in [1.29, 1.82) is 0 Å². The van der Waals surface area contributed by atoms with E-state index in [2.05, 4.69) is 10.4 Å². The zero-order chi connectivity index (χ0) is 20.4. The average molecular weight is 383 g/mol. The standard InChI is InChI=1S/C21H19F2N3O2/c1-12(2)26-21(28)20(24-17-10-5-4-9-16(17)23)18(13(3)27)19(25-26)14-7-6-8-15(22)11-14/h4-12,24H,1-3H3. The van der Waals surface area contributed by atoms with Gasteiger partial charge in [-0.1, -0.05) is 24.3 Å². The Hall–Kier alpha value is -3.35. The first-order chi connectivity index (χ1) is 13.3. The minimum atomic E-state index is -0.573. The molecule has 0 saturated heterocycles. The number of carbonyl (C=O) groups excluding carboxylic acids is 1. The quantitative estimate of drug-likeness (QED) is 0.648. The molecule has 1 N–H and O–H groups in total. The maximum absolute atomic E-state index is 14.2. The van der Waals surface area contributed by atoms with Gasteiger partial charge in [0.2, 0.25) is 0 Å². The number of rotatable bonds is 5. The summed E-state index contributed by atoms with van der Waals surface area (Å²) in [6, 6.07) is 11.1. The van der Waals surface area contributed by atoms with E-state index in [0.29, 0.717) is 5.56 Å². The Kier molecular flexibility index (Phi) is 5.35. The van der Waals surface area contributed by atoms with Crippen molar-refractivity contribution in [2.75, 3.05) is 5.32 Å². The summed E-state index contributed by atoms with van der Waals surface area (Å²) < 4.78 is 29.1. The number of ketones is 1. The van der Waals surface area contributed by atoms with Crippen LogP contribution in [0.2, 0.25) is 0 Å². The van der Waals surface area contributed by atoms with Crippen molar-refractivity contribution in [1.82, 2.24) is 9.78 Å². The van der Waals surface area contributed by atoms with Crippen molar-refractivity contribution in [2.45, 2.75) is 26.8 Å². The van der Waals surface area contributed by atoms with Gasteiger partial charge in [-0.2, -0.15) is 5.10 Å². The Morgan fingerprint density at radius 2 is 1.82 bits per heavy atom. The summed E-state index contributed by atoms with van der Waals surface area (Å²) in [5.41, 5.74) is -0.135. The van der Waals surface area contributed by atoms with Gasteiger partial charge < -0.3 is 5.32 Å². The monoisotopic (exact) mass is 383 g/mol. The zero-order valence-electron chi connectivity index (χ0n) is 15.7. The van der Waals surface area contributed by atoms with Crippen molar-refractivity contribution >= 4 is 17.2 Å². The van der Waals surface area contributed by atoms with Crippen LogP contribution in [-0.2, 0) is 0 Å². The van der Waals surface area contributed by atoms with Crippen molar-refractivity contribution in [2.24, 2.45) is 0 Å². The molecule has 0 atom stereocenters. The molecule has 0 aliphatic carbocycles. The van der Waals surface area contributed by atoms with Crippen LogP contribution in [-0.4, -0.2) is 15.6 Å². The lowest BCUT2D eigenvalue weighted by Gasteiger charge is -2.18. The van der Waals surface area contributed by atoms with Gasteiger partial charge in [0.1, 0.15) is 23.0 Å². The SMILES string of the molecule is CC(=O)c1c(-c2cccc(F)c2)nn(C(C)C)c(=O)c1Nc1ccccc1F. The summed E-state index contributed by atoms with van der Waals surface area (Å²) in [4.78, 5) is 25.4. The molecular formula is C21H19F2N3O2. The van der Waals surface area contributed by atoms with E-state index in [1.807, 2.05) is 0 Å². The fourth-order valence-electron chi connectivity index (χ4n) is 2.89. The first-order valence-corrected chi connectivity index (χ1v) is 8.75. The van der Waals surface area contributed by atoms with Gasteiger partial charge in [-0.25, -0.2) is 13.5 Å². The van der Waals surface area contributed by atoms with E-state index >= 15 is 0 Å². The highest BCUT2D eigenvalue weighted by Gasteiger charge is 2.24. The minimum Gasteiger partial charge on any atom is -0.348 e. The lowest BCUT2D eigenvalue weighted by atomic mass is 10.0. The Morgan fingerprint density at radius 1 is 1.11 bits per heavy atom. The van der Waals surface area contributed by atoms with Crippen LogP contribution < -0.4 is 10.9 Å². The number of benzene rings is 2. The molecule has 1 heterocycles. The molecule has 0 amide bonds. The lowest BCUT2D eigenvalue weighted by Crippen LogP contribution is -2.30. The summed E-state index contributed by atoms with van der Waals surface area (Å²) >= 11 is 0. The fraction of sp³-hybridized carbons (Fsp3) is 0.190. The van der Waals surface area contributed by atoms with Crippen LogP contribution >= 0.6 is 0 Å². The highest BCUT2D eigenvalue weighted by molar-refractivity contribution is 6.05. The van der Waals surface area contributed by atoms with Crippen molar-refractivity contribution < 1.29 is 13.6 Å². The zero-order valence-corrected chi connectivity index (χ0v) is 15.7. The van der Waals surface area contributed by atoms with Crippen LogP contribution in [0.15, 0.2) is 53.3 Å². The molecule has 0 radical (unpaired) electrons. The summed E-state index contributed by atoms with van der Waals surface area (Å²) in [5, 5.41) is 7.06. The number of halogens is 2. The van der Waals surface area contributed by atoms with Gasteiger partial charge >= 0.3 is 0 Å². The Bertz CT molecular complexity index is 1110. The van der Waals surface area contributed by atoms with Crippen LogP contribution in [0.5, 0.6) is 0 Å². The number of aromatic nitrogens is 2. The third kappa shape index (κ3) is 3.69. The van der Waals surface area contributed by atoms with Crippen molar-refractivity contribution in [3.8, 4) is 11.3 Å². The molecule has 0 saturated carbocycles. The van der Waals surface area contributed by atoms with Crippen molar-refractivity contribution in [3.63, 3.8) is 0 Å². The molecule has 0 aliphatic heterocycles. The molecule has 28 heavy (non-hydrogen) atoms. The summed E-state index contributed by atoms with van der Waals surface area (Å²) in [6.45, 7) is 4.79. The van der Waals surface area contributed by atoms with Crippen LogP contribution in [0.4, 0.5) is 20.2 Å². The van der Waals surface area contributed by atoms with E-state index in [-0.39, 0.29) is 28.7 Å². The molecule has 144 valence electrons. The average Bonchev–Trinajstić information content (AvgIpc) is 2.64. The number of Topliss-reactive ketones (excluding diaryl/α,β-unsaturated/α-hetero) is 1. The van der Waals surface area contributed by atoms with E-state index in [1.54, 1.807) is 26.0 Å². The maximum Gasteiger partial charge on any atom is 0.291 e. The molecule has 0 spiro atoms. The van der Waals surface area contributed by atoms with Gasteiger partial charge in [-0.15, -0.1) is 0 Å². The van der Waals surface area contributed by atoms with Gasteiger partial charge in [0.25, 0.3) is 5.56 Å². The highest BCUT2D eigenvalue weighted by Crippen LogP contribution is 2.29. The van der Waals surface area contributed by atoms with Gasteiger partial charge in [0.15, 0.2) is 5.78 Å². The molecule has 0 unspecified atom stereocenters. The third-order valence-corrected chi connectivity index (χ3v) is 4.19. The lowest BCUT2D eigenvalue weighted by molar-refractivity contribution is 0.101. The van der Waals surface area contributed by atoms with Gasteiger partial charge in [-0.3, -0.25) is 9.59 Å². The molecule has 3 rings (SSSR count). The fourth-order valence-corrected chi connectivity index (χ4v) is 2.89. The van der Waals surface area contributed by atoms with E-state index in [1.165, 1.54) is 48.0 Å². The second-order valence-corrected chi connectivity index (χ2v) is 6.61. The molecule has 2 aromatic carbocycles. The van der Waals surface area contributed by atoms with E-state index < -0.39 is 23.0 Å². The Balaban J connectivity index is 2.35. The predicted molar refractivity (Wildman–Crippen MR) is 104 cm³/mol. The second kappa shape index (κ2) is 7.72. The van der Waals surface area contributed by atoms with Crippen LogP contribution in [0.3, 0.4) is 0 Å². The van der Waals surface area contributed by atoms with Gasteiger partial charge in [-0.05, 0) is 45.0 Å². The topological polar surface area (TPSA) is 64.0 Å². The molecule has 0 aliphatic rings. The molecule has 3 aromatic rings. The largest absolute Gasteiger partial charge is 0.348 e. The van der Waals surface area contributed by atoms with Gasteiger partial charge in [0.05, 0.1) is 17.3 Å². The highest BCUT2D eigenvalue weighted by atomic mass is 19.1. The van der Waals surface area contributed by atoms with Crippen LogP contribution in [0.25, 0.3) is 11.3 Å². The first kappa shape index (κ1) is 19.4. The van der Waals surface area contributed by atoms with E-state index in [0.717, 1.165) is 0 Å². The molecule has 0 fully saturated rings. The second-order valence-electron chi connectivity index (χ2n) is 6.61. The van der Waals surface area contributed by atoms with Crippen LogP contribution in [0.1, 0.15) is 37.2 Å². The normalized spacial score (nSPS) is 10.9. The van der Waals surface area contributed by atoms with Crippen LogP contribution in [0, 0.1) is 11.6 Å².